The van der Waals surface area contributed by atoms with Crippen LogP contribution in [0.25, 0.3) is 0 Å². The number of nitrogens with zero attached hydrogens (tertiary/aromatic N) is 1. The standard InChI is InChI=1S/C19H38N2/c1-6-20-17-9-8-16(15(2)3)14-18(17)21-12-7-10-19(4,5)11-13-21/h15-18,20H,6-14H2,1-5H3. The third-order valence-corrected chi connectivity index (χ3v) is 6.11. The molecule has 21 heavy (non-hydrogen) atoms. The Bertz CT molecular complexity index is 311. The van der Waals surface area contributed by atoms with E-state index in [-0.39, 0.29) is 0 Å². The summed E-state index contributed by atoms with van der Waals surface area (Å²) in [5, 5.41) is 3.79. The van der Waals surface area contributed by atoms with Crippen molar-refractivity contribution < 1.29 is 0 Å². The van der Waals surface area contributed by atoms with Crippen molar-refractivity contribution in [3.05, 3.63) is 0 Å². The van der Waals surface area contributed by atoms with Crippen molar-refractivity contribution >= 4 is 0 Å². The molecule has 3 unspecified atom stereocenters. The lowest BCUT2D eigenvalue weighted by atomic mass is 9.76. The first kappa shape index (κ1) is 17.3. The van der Waals surface area contributed by atoms with E-state index in [1.54, 1.807) is 0 Å². The predicted molar refractivity (Wildman–Crippen MR) is 92.6 cm³/mol. The first-order chi connectivity index (χ1) is 9.93. The molecular weight excluding hydrogens is 256 g/mol. The van der Waals surface area contributed by atoms with Gasteiger partial charge in [0.05, 0.1) is 0 Å². The van der Waals surface area contributed by atoms with Crippen LogP contribution < -0.4 is 5.32 Å². The van der Waals surface area contributed by atoms with Crippen LogP contribution in [0.4, 0.5) is 0 Å². The molecule has 2 nitrogen and oxygen atoms in total. The second-order valence-corrected chi connectivity index (χ2v) is 8.60. The van der Waals surface area contributed by atoms with E-state index in [4.69, 9.17) is 0 Å². The zero-order valence-corrected chi connectivity index (χ0v) is 15.1. The fourth-order valence-corrected chi connectivity index (χ4v) is 4.46. The fourth-order valence-electron chi connectivity index (χ4n) is 4.46. The molecule has 0 bridgehead atoms. The van der Waals surface area contributed by atoms with Crippen molar-refractivity contribution in [3.63, 3.8) is 0 Å². The molecule has 124 valence electrons. The normalized spacial score (nSPS) is 34.9. The van der Waals surface area contributed by atoms with Crippen LogP contribution in [0.1, 0.15) is 73.1 Å². The summed E-state index contributed by atoms with van der Waals surface area (Å²) >= 11 is 0. The highest BCUT2D eigenvalue weighted by Crippen LogP contribution is 2.36. The largest absolute Gasteiger partial charge is 0.313 e. The third kappa shape index (κ3) is 4.69. The van der Waals surface area contributed by atoms with Crippen molar-refractivity contribution in [2.45, 2.75) is 85.2 Å². The van der Waals surface area contributed by atoms with Gasteiger partial charge in [-0.3, -0.25) is 4.90 Å². The second-order valence-electron chi connectivity index (χ2n) is 8.60. The van der Waals surface area contributed by atoms with Gasteiger partial charge in [0.15, 0.2) is 0 Å². The van der Waals surface area contributed by atoms with Gasteiger partial charge in [-0.1, -0.05) is 34.6 Å². The minimum atomic E-state index is 0.550. The lowest BCUT2D eigenvalue weighted by molar-refractivity contribution is 0.0837. The van der Waals surface area contributed by atoms with Gasteiger partial charge in [0.1, 0.15) is 0 Å². The van der Waals surface area contributed by atoms with Crippen LogP contribution in [0, 0.1) is 17.3 Å². The minimum absolute atomic E-state index is 0.550. The zero-order valence-electron chi connectivity index (χ0n) is 15.1. The van der Waals surface area contributed by atoms with Crippen LogP contribution in [0.5, 0.6) is 0 Å². The van der Waals surface area contributed by atoms with E-state index < -0.39 is 0 Å². The number of hydrogen-bond donors (Lipinski definition) is 1. The monoisotopic (exact) mass is 294 g/mol. The van der Waals surface area contributed by atoms with Crippen molar-refractivity contribution in [2.75, 3.05) is 19.6 Å². The molecule has 0 aromatic heterocycles. The summed E-state index contributed by atoms with van der Waals surface area (Å²) in [6.07, 6.45) is 8.36. The Balaban J connectivity index is 2.04. The molecule has 0 radical (unpaired) electrons. The average Bonchev–Trinajstić information content (AvgIpc) is 2.60. The number of likely N-dealkylation sites (tertiary alicyclic amines) is 1. The molecule has 3 atom stereocenters. The highest BCUT2D eigenvalue weighted by atomic mass is 15.2. The molecule has 1 saturated heterocycles. The summed E-state index contributed by atoms with van der Waals surface area (Å²) in [6, 6.07) is 1.51. The molecule has 1 N–H and O–H groups in total. The van der Waals surface area contributed by atoms with E-state index in [9.17, 15) is 0 Å². The van der Waals surface area contributed by atoms with Crippen molar-refractivity contribution in [2.24, 2.45) is 17.3 Å². The molecule has 0 amide bonds. The van der Waals surface area contributed by atoms with Gasteiger partial charge in [-0.2, -0.15) is 0 Å². The lowest BCUT2D eigenvalue weighted by Crippen LogP contribution is -2.54. The summed E-state index contributed by atoms with van der Waals surface area (Å²) in [5.74, 6) is 1.78. The minimum Gasteiger partial charge on any atom is -0.313 e. The second kappa shape index (κ2) is 7.46. The van der Waals surface area contributed by atoms with Gasteiger partial charge < -0.3 is 5.32 Å². The van der Waals surface area contributed by atoms with Gasteiger partial charge in [-0.25, -0.2) is 0 Å². The highest BCUT2D eigenvalue weighted by Gasteiger charge is 2.36. The molecular formula is C19H38N2. The Morgan fingerprint density at radius 1 is 1.14 bits per heavy atom. The topological polar surface area (TPSA) is 15.3 Å². The Morgan fingerprint density at radius 3 is 2.57 bits per heavy atom. The molecule has 1 heterocycles. The molecule has 2 rings (SSSR count). The molecule has 0 aromatic rings. The zero-order chi connectivity index (χ0) is 15.5. The Kier molecular flexibility index (Phi) is 6.14. The molecule has 1 saturated carbocycles. The fraction of sp³-hybridized carbons (Fsp3) is 1.00. The SMILES string of the molecule is CCNC1CCC(C(C)C)CC1N1CCCC(C)(C)CC1. The predicted octanol–water partition coefficient (Wildman–Crippen LogP) is 4.30. The summed E-state index contributed by atoms with van der Waals surface area (Å²) in [6.45, 7) is 15.8. The molecule has 1 aliphatic heterocycles. The van der Waals surface area contributed by atoms with E-state index in [1.807, 2.05) is 0 Å². The smallest absolute Gasteiger partial charge is 0.0252 e. The maximum Gasteiger partial charge on any atom is 0.0252 e. The number of likely N-dealkylation sites (N-methyl/N-ethyl adjacent to an activating group) is 1. The van der Waals surface area contributed by atoms with Gasteiger partial charge in [0.25, 0.3) is 0 Å². The van der Waals surface area contributed by atoms with Crippen molar-refractivity contribution in [1.29, 1.82) is 0 Å². The summed E-state index contributed by atoms with van der Waals surface area (Å²) in [5.41, 5.74) is 0.550. The lowest BCUT2D eigenvalue weighted by Gasteiger charge is -2.44. The van der Waals surface area contributed by atoms with E-state index >= 15 is 0 Å². The third-order valence-electron chi connectivity index (χ3n) is 6.11. The van der Waals surface area contributed by atoms with Gasteiger partial charge in [-0.05, 0) is 75.4 Å². The Hall–Kier alpha value is -0.0800. The van der Waals surface area contributed by atoms with E-state index in [2.05, 4.69) is 44.8 Å². The molecule has 2 heteroatoms. The maximum absolute atomic E-state index is 3.79. The van der Waals surface area contributed by atoms with Gasteiger partial charge in [0.2, 0.25) is 0 Å². The summed E-state index contributed by atoms with van der Waals surface area (Å²) in [4.78, 5) is 2.84. The summed E-state index contributed by atoms with van der Waals surface area (Å²) in [7, 11) is 0. The van der Waals surface area contributed by atoms with Gasteiger partial charge in [-0.15, -0.1) is 0 Å². The van der Waals surface area contributed by atoms with Gasteiger partial charge in [0, 0.05) is 12.1 Å². The van der Waals surface area contributed by atoms with Crippen LogP contribution in [0.2, 0.25) is 0 Å². The Labute approximate surface area is 133 Å². The van der Waals surface area contributed by atoms with Crippen molar-refractivity contribution in [1.82, 2.24) is 10.2 Å². The molecule has 0 spiro atoms. The molecule has 1 aliphatic carbocycles. The first-order valence-corrected chi connectivity index (χ1v) is 9.40. The molecule has 2 fully saturated rings. The van der Waals surface area contributed by atoms with Crippen LogP contribution in [-0.4, -0.2) is 36.6 Å². The highest BCUT2D eigenvalue weighted by molar-refractivity contribution is 4.93. The van der Waals surface area contributed by atoms with Gasteiger partial charge >= 0.3 is 0 Å². The number of hydrogen-bond acceptors (Lipinski definition) is 2. The average molecular weight is 295 g/mol. The van der Waals surface area contributed by atoms with Crippen LogP contribution >= 0.6 is 0 Å². The van der Waals surface area contributed by atoms with Crippen LogP contribution in [0.15, 0.2) is 0 Å². The maximum atomic E-state index is 3.79. The van der Waals surface area contributed by atoms with E-state index in [0.29, 0.717) is 5.41 Å². The van der Waals surface area contributed by atoms with Crippen LogP contribution in [-0.2, 0) is 0 Å². The molecule has 2 aliphatic rings. The number of nitrogens with one attached hydrogen (secondary N) is 1. The van der Waals surface area contributed by atoms with E-state index in [0.717, 1.165) is 30.5 Å². The first-order valence-electron chi connectivity index (χ1n) is 9.40. The quantitative estimate of drug-likeness (QED) is 0.831. The van der Waals surface area contributed by atoms with Crippen molar-refractivity contribution in [3.8, 4) is 0 Å². The summed E-state index contributed by atoms with van der Waals surface area (Å²) < 4.78 is 0. The van der Waals surface area contributed by atoms with Crippen LogP contribution in [0.3, 0.4) is 0 Å². The van der Waals surface area contributed by atoms with E-state index in [1.165, 1.54) is 51.6 Å². The molecule has 0 aromatic carbocycles. The Morgan fingerprint density at radius 2 is 1.90 bits per heavy atom. The number of rotatable bonds is 4.